The fourth-order valence-corrected chi connectivity index (χ4v) is 1.47. The summed E-state index contributed by atoms with van der Waals surface area (Å²) in [6.07, 6.45) is 5.56. The topological polar surface area (TPSA) is 43.0 Å². The van der Waals surface area contributed by atoms with E-state index in [2.05, 4.69) is 17.3 Å². The van der Waals surface area contributed by atoms with Crippen molar-refractivity contribution in [1.29, 1.82) is 0 Å². The zero-order chi connectivity index (χ0) is 10.7. The molecule has 0 bridgehead atoms. The molecule has 15 heavy (non-hydrogen) atoms. The molecule has 0 amide bonds. The zero-order valence-electron chi connectivity index (χ0n) is 8.97. The quantitative estimate of drug-likeness (QED) is 0.828. The van der Waals surface area contributed by atoms with Gasteiger partial charge in [-0.25, -0.2) is 0 Å². The Morgan fingerprint density at radius 3 is 3.07 bits per heavy atom. The molecule has 1 atom stereocenters. The van der Waals surface area contributed by atoms with Crippen LogP contribution < -0.4 is 5.32 Å². The molecule has 2 aromatic rings. The van der Waals surface area contributed by atoms with Crippen LogP contribution in [0.25, 0.3) is 0 Å². The van der Waals surface area contributed by atoms with E-state index in [1.807, 2.05) is 31.6 Å². The molecule has 0 unspecified atom stereocenters. The van der Waals surface area contributed by atoms with E-state index < -0.39 is 0 Å². The summed E-state index contributed by atoms with van der Waals surface area (Å²) in [6.45, 7) is 2.88. The fraction of sp³-hybridized carbons (Fsp3) is 0.364. The predicted octanol–water partition coefficient (Wildman–Crippen LogP) is 1.86. The van der Waals surface area contributed by atoms with Crippen LogP contribution in [0.5, 0.6) is 0 Å². The Hall–Kier alpha value is -1.55. The number of aromatic nitrogens is 2. The lowest BCUT2D eigenvalue weighted by Gasteiger charge is -2.09. The molecule has 0 aliphatic heterocycles. The number of aryl methyl sites for hydroxylation is 1. The standard InChI is InChI=1S/C11H15N3O/c1-9(11-4-3-5-15-11)12-6-10-7-13-14(2)8-10/h3-5,7-9,12H,6H2,1-2H3/t9-/m0/s1. The summed E-state index contributed by atoms with van der Waals surface area (Å²) in [4.78, 5) is 0. The van der Waals surface area contributed by atoms with Gasteiger partial charge < -0.3 is 9.73 Å². The normalized spacial score (nSPS) is 12.9. The maximum atomic E-state index is 5.31. The van der Waals surface area contributed by atoms with Gasteiger partial charge in [-0.1, -0.05) is 0 Å². The van der Waals surface area contributed by atoms with Crippen LogP contribution in [0.2, 0.25) is 0 Å². The molecular formula is C11H15N3O. The lowest BCUT2D eigenvalue weighted by atomic mass is 10.2. The number of nitrogens with one attached hydrogen (secondary N) is 1. The third-order valence-corrected chi connectivity index (χ3v) is 2.34. The van der Waals surface area contributed by atoms with Gasteiger partial charge in [-0.05, 0) is 19.1 Å². The molecule has 1 N–H and O–H groups in total. The van der Waals surface area contributed by atoms with Crippen LogP contribution in [0.1, 0.15) is 24.3 Å². The van der Waals surface area contributed by atoms with Crippen molar-refractivity contribution in [3.63, 3.8) is 0 Å². The summed E-state index contributed by atoms with van der Waals surface area (Å²) < 4.78 is 7.11. The SMILES string of the molecule is C[C@H](NCc1cnn(C)c1)c1ccco1. The van der Waals surface area contributed by atoms with Gasteiger partial charge in [0.05, 0.1) is 18.5 Å². The van der Waals surface area contributed by atoms with E-state index in [9.17, 15) is 0 Å². The van der Waals surface area contributed by atoms with Crippen LogP contribution in [-0.4, -0.2) is 9.78 Å². The Morgan fingerprint density at radius 2 is 2.47 bits per heavy atom. The first-order valence-electron chi connectivity index (χ1n) is 5.00. The molecule has 0 fully saturated rings. The van der Waals surface area contributed by atoms with Crippen LogP contribution in [0.15, 0.2) is 35.2 Å². The average Bonchev–Trinajstić information content (AvgIpc) is 2.84. The first-order chi connectivity index (χ1) is 7.25. The summed E-state index contributed by atoms with van der Waals surface area (Å²) in [6, 6.07) is 4.10. The number of hydrogen-bond acceptors (Lipinski definition) is 3. The predicted molar refractivity (Wildman–Crippen MR) is 57.2 cm³/mol. The Bertz CT molecular complexity index is 405. The van der Waals surface area contributed by atoms with Crippen molar-refractivity contribution < 1.29 is 4.42 Å². The number of rotatable bonds is 4. The van der Waals surface area contributed by atoms with Gasteiger partial charge in [0.25, 0.3) is 0 Å². The van der Waals surface area contributed by atoms with E-state index in [0.29, 0.717) is 0 Å². The molecule has 80 valence electrons. The van der Waals surface area contributed by atoms with Crippen molar-refractivity contribution in [3.05, 3.63) is 42.1 Å². The third kappa shape index (κ3) is 2.47. The van der Waals surface area contributed by atoms with E-state index in [1.54, 1.807) is 10.9 Å². The van der Waals surface area contributed by atoms with Crippen molar-refractivity contribution in [2.24, 2.45) is 7.05 Å². The molecule has 2 rings (SSSR count). The highest BCUT2D eigenvalue weighted by atomic mass is 16.3. The summed E-state index contributed by atoms with van der Waals surface area (Å²) in [5, 5.41) is 7.48. The Balaban J connectivity index is 1.88. The highest BCUT2D eigenvalue weighted by molar-refractivity contribution is 5.06. The first kappa shape index (κ1) is 9.98. The molecule has 2 aromatic heterocycles. The van der Waals surface area contributed by atoms with Gasteiger partial charge in [0.1, 0.15) is 5.76 Å². The molecule has 0 aromatic carbocycles. The van der Waals surface area contributed by atoms with Gasteiger partial charge >= 0.3 is 0 Å². The third-order valence-electron chi connectivity index (χ3n) is 2.34. The van der Waals surface area contributed by atoms with Gasteiger partial charge in [-0.3, -0.25) is 4.68 Å². The van der Waals surface area contributed by atoms with Crippen molar-refractivity contribution in [3.8, 4) is 0 Å². The minimum atomic E-state index is 0.222. The van der Waals surface area contributed by atoms with E-state index in [1.165, 1.54) is 5.56 Å². The summed E-state index contributed by atoms with van der Waals surface area (Å²) in [5.41, 5.74) is 1.18. The molecule has 0 aliphatic rings. The molecule has 0 saturated carbocycles. The molecule has 4 heteroatoms. The lowest BCUT2D eigenvalue weighted by molar-refractivity contribution is 0.430. The minimum absolute atomic E-state index is 0.222. The van der Waals surface area contributed by atoms with Gasteiger partial charge in [0.2, 0.25) is 0 Å². The van der Waals surface area contributed by atoms with Crippen molar-refractivity contribution in [2.75, 3.05) is 0 Å². The van der Waals surface area contributed by atoms with Crippen molar-refractivity contribution in [2.45, 2.75) is 19.5 Å². The molecule has 0 radical (unpaired) electrons. The zero-order valence-corrected chi connectivity index (χ0v) is 8.97. The lowest BCUT2D eigenvalue weighted by Crippen LogP contribution is -2.17. The highest BCUT2D eigenvalue weighted by Crippen LogP contribution is 2.12. The van der Waals surface area contributed by atoms with Crippen molar-refractivity contribution in [1.82, 2.24) is 15.1 Å². The monoisotopic (exact) mass is 205 g/mol. The Labute approximate surface area is 88.9 Å². The minimum Gasteiger partial charge on any atom is -0.468 e. The van der Waals surface area contributed by atoms with Crippen molar-refractivity contribution >= 4 is 0 Å². The number of furan rings is 1. The molecule has 2 heterocycles. The Morgan fingerprint density at radius 1 is 1.60 bits per heavy atom. The fourth-order valence-electron chi connectivity index (χ4n) is 1.47. The molecule has 0 saturated heterocycles. The number of nitrogens with zero attached hydrogens (tertiary/aromatic N) is 2. The molecule has 0 spiro atoms. The summed E-state index contributed by atoms with van der Waals surface area (Å²) >= 11 is 0. The molecule has 0 aliphatic carbocycles. The van der Waals surface area contributed by atoms with Gasteiger partial charge in [0.15, 0.2) is 0 Å². The second kappa shape index (κ2) is 4.31. The van der Waals surface area contributed by atoms with Crippen LogP contribution in [0.4, 0.5) is 0 Å². The van der Waals surface area contributed by atoms with E-state index in [4.69, 9.17) is 4.42 Å². The second-order valence-electron chi connectivity index (χ2n) is 3.64. The largest absolute Gasteiger partial charge is 0.468 e. The number of hydrogen-bond donors (Lipinski definition) is 1. The van der Waals surface area contributed by atoms with Crippen LogP contribution in [-0.2, 0) is 13.6 Å². The maximum absolute atomic E-state index is 5.31. The van der Waals surface area contributed by atoms with Gasteiger partial charge in [0, 0.05) is 25.4 Å². The first-order valence-corrected chi connectivity index (χ1v) is 5.00. The Kier molecular flexibility index (Phi) is 2.87. The summed E-state index contributed by atoms with van der Waals surface area (Å²) in [5.74, 6) is 0.957. The van der Waals surface area contributed by atoms with Crippen LogP contribution in [0.3, 0.4) is 0 Å². The maximum Gasteiger partial charge on any atom is 0.120 e. The van der Waals surface area contributed by atoms with Gasteiger partial charge in [-0.15, -0.1) is 0 Å². The highest BCUT2D eigenvalue weighted by Gasteiger charge is 2.07. The molecular weight excluding hydrogens is 190 g/mol. The van der Waals surface area contributed by atoms with Crippen LogP contribution in [0, 0.1) is 0 Å². The van der Waals surface area contributed by atoms with Crippen LogP contribution >= 0.6 is 0 Å². The smallest absolute Gasteiger partial charge is 0.120 e. The van der Waals surface area contributed by atoms with E-state index >= 15 is 0 Å². The molecule has 4 nitrogen and oxygen atoms in total. The van der Waals surface area contributed by atoms with E-state index in [0.717, 1.165) is 12.3 Å². The second-order valence-corrected chi connectivity index (χ2v) is 3.64. The van der Waals surface area contributed by atoms with E-state index in [-0.39, 0.29) is 6.04 Å². The summed E-state index contributed by atoms with van der Waals surface area (Å²) in [7, 11) is 1.92. The average molecular weight is 205 g/mol. The van der Waals surface area contributed by atoms with Gasteiger partial charge in [-0.2, -0.15) is 5.10 Å².